The van der Waals surface area contributed by atoms with Crippen molar-refractivity contribution in [2.75, 3.05) is 20.1 Å². The Morgan fingerprint density at radius 2 is 2.33 bits per heavy atom. The second-order valence-corrected chi connectivity index (χ2v) is 4.64. The summed E-state index contributed by atoms with van der Waals surface area (Å²) in [6.07, 6.45) is 5.85. The Morgan fingerprint density at radius 3 is 3.11 bits per heavy atom. The molecule has 1 aromatic heterocycles. The van der Waals surface area contributed by atoms with Gasteiger partial charge in [-0.3, -0.25) is 9.78 Å². The molecule has 0 spiro atoms. The van der Waals surface area contributed by atoms with Gasteiger partial charge >= 0.3 is 0 Å². The van der Waals surface area contributed by atoms with Crippen LogP contribution in [0.15, 0.2) is 18.5 Å². The van der Waals surface area contributed by atoms with Gasteiger partial charge in [0.05, 0.1) is 11.8 Å². The number of aromatic hydroxyl groups is 1. The fraction of sp³-hybridized carbons (Fsp3) is 0.538. The topological polar surface area (TPSA) is 65.5 Å². The van der Waals surface area contributed by atoms with Gasteiger partial charge < -0.3 is 15.3 Å². The van der Waals surface area contributed by atoms with Crippen molar-refractivity contribution in [1.29, 1.82) is 0 Å². The molecule has 0 aromatic carbocycles. The number of aromatic nitrogens is 1. The van der Waals surface area contributed by atoms with E-state index < -0.39 is 0 Å². The van der Waals surface area contributed by atoms with Crippen molar-refractivity contribution >= 4 is 5.91 Å². The Kier molecular flexibility index (Phi) is 4.15. The molecular weight excluding hydrogens is 230 g/mol. The van der Waals surface area contributed by atoms with Gasteiger partial charge in [-0.25, -0.2) is 0 Å². The first-order valence-electron chi connectivity index (χ1n) is 6.31. The minimum absolute atomic E-state index is 0.0545. The molecule has 1 unspecified atom stereocenters. The fourth-order valence-corrected chi connectivity index (χ4v) is 2.31. The van der Waals surface area contributed by atoms with Crippen LogP contribution in [0.25, 0.3) is 0 Å². The van der Waals surface area contributed by atoms with Crippen molar-refractivity contribution in [3.63, 3.8) is 0 Å². The average Bonchev–Trinajstić information content (AvgIpc) is 2.66. The first kappa shape index (κ1) is 12.8. The van der Waals surface area contributed by atoms with Gasteiger partial charge in [0.2, 0.25) is 0 Å². The Labute approximate surface area is 107 Å². The lowest BCUT2D eigenvalue weighted by molar-refractivity contribution is 0.0717. The standard InChI is InChI=1S/C13H19N3O2/c1-16(10-3-2-6-14-7-4-10)13(18)11-5-8-15-9-12(11)17/h5,8-10,14,17H,2-4,6-7H2,1H3. The largest absolute Gasteiger partial charge is 0.505 e. The summed E-state index contributed by atoms with van der Waals surface area (Å²) in [6.45, 7) is 1.95. The minimum Gasteiger partial charge on any atom is -0.505 e. The first-order chi connectivity index (χ1) is 8.70. The molecule has 1 aliphatic heterocycles. The lowest BCUT2D eigenvalue weighted by Crippen LogP contribution is -2.37. The van der Waals surface area contributed by atoms with Crippen molar-refractivity contribution in [2.24, 2.45) is 0 Å². The van der Waals surface area contributed by atoms with E-state index in [4.69, 9.17) is 0 Å². The highest BCUT2D eigenvalue weighted by atomic mass is 16.3. The predicted molar refractivity (Wildman–Crippen MR) is 68.5 cm³/mol. The summed E-state index contributed by atoms with van der Waals surface area (Å²) in [5.74, 6) is -0.192. The maximum Gasteiger partial charge on any atom is 0.257 e. The molecule has 0 bridgehead atoms. The summed E-state index contributed by atoms with van der Waals surface area (Å²) in [6, 6.07) is 1.79. The number of amides is 1. The zero-order valence-corrected chi connectivity index (χ0v) is 10.6. The average molecular weight is 249 g/mol. The summed E-state index contributed by atoms with van der Waals surface area (Å²) in [5, 5.41) is 13.0. The van der Waals surface area contributed by atoms with E-state index in [-0.39, 0.29) is 17.7 Å². The molecule has 1 atom stereocenters. The molecule has 5 nitrogen and oxygen atoms in total. The Bertz CT molecular complexity index is 414. The van der Waals surface area contributed by atoms with Gasteiger partial charge in [-0.1, -0.05) is 0 Å². The second-order valence-electron chi connectivity index (χ2n) is 4.64. The van der Waals surface area contributed by atoms with E-state index in [1.165, 1.54) is 12.4 Å². The summed E-state index contributed by atoms with van der Waals surface area (Å²) < 4.78 is 0. The van der Waals surface area contributed by atoms with E-state index in [2.05, 4.69) is 10.3 Å². The van der Waals surface area contributed by atoms with E-state index in [0.29, 0.717) is 5.56 Å². The highest BCUT2D eigenvalue weighted by Crippen LogP contribution is 2.19. The van der Waals surface area contributed by atoms with Crippen molar-refractivity contribution in [3.8, 4) is 5.75 Å². The van der Waals surface area contributed by atoms with Gasteiger partial charge in [-0.05, 0) is 38.4 Å². The molecule has 2 rings (SSSR count). The van der Waals surface area contributed by atoms with Gasteiger partial charge in [0.1, 0.15) is 5.75 Å². The van der Waals surface area contributed by atoms with Crippen LogP contribution in [0, 0.1) is 0 Å². The van der Waals surface area contributed by atoms with Crippen LogP contribution in [0.4, 0.5) is 0 Å². The molecular formula is C13H19N3O2. The molecule has 0 aliphatic carbocycles. The summed E-state index contributed by atoms with van der Waals surface area (Å²) in [5.41, 5.74) is 0.324. The van der Waals surface area contributed by atoms with Crippen LogP contribution in [-0.4, -0.2) is 47.1 Å². The molecule has 1 saturated heterocycles. The van der Waals surface area contributed by atoms with Gasteiger partial charge in [0, 0.05) is 19.3 Å². The van der Waals surface area contributed by atoms with Crippen LogP contribution in [-0.2, 0) is 0 Å². The smallest absolute Gasteiger partial charge is 0.257 e. The molecule has 1 aliphatic rings. The van der Waals surface area contributed by atoms with Crippen molar-refractivity contribution < 1.29 is 9.90 Å². The zero-order chi connectivity index (χ0) is 13.0. The quantitative estimate of drug-likeness (QED) is 0.820. The van der Waals surface area contributed by atoms with Crippen molar-refractivity contribution in [3.05, 3.63) is 24.0 Å². The zero-order valence-electron chi connectivity index (χ0n) is 10.6. The number of hydrogen-bond acceptors (Lipinski definition) is 4. The highest BCUT2D eigenvalue weighted by molar-refractivity contribution is 5.96. The number of carbonyl (C=O) groups is 1. The molecule has 2 N–H and O–H groups in total. The number of hydrogen-bond donors (Lipinski definition) is 2. The minimum atomic E-state index is -0.137. The maximum absolute atomic E-state index is 12.3. The molecule has 1 amide bonds. The molecule has 18 heavy (non-hydrogen) atoms. The number of carbonyl (C=O) groups excluding carboxylic acids is 1. The fourth-order valence-electron chi connectivity index (χ4n) is 2.31. The Morgan fingerprint density at radius 1 is 1.50 bits per heavy atom. The number of nitrogens with one attached hydrogen (secondary N) is 1. The van der Waals surface area contributed by atoms with Crippen LogP contribution in [0.1, 0.15) is 29.6 Å². The third kappa shape index (κ3) is 2.79. The van der Waals surface area contributed by atoms with Crippen LogP contribution in [0.5, 0.6) is 5.75 Å². The van der Waals surface area contributed by atoms with Gasteiger partial charge in [-0.2, -0.15) is 0 Å². The van der Waals surface area contributed by atoms with Gasteiger partial charge in [0.15, 0.2) is 0 Å². The van der Waals surface area contributed by atoms with Crippen molar-refractivity contribution in [1.82, 2.24) is 15.2 Å². The normalized spacial score (nSPS) is 20.2. The lowest BCUT2D eigenvalue weighted by Gasteiger charge is -2.27. The lowest BCUT2D eigenvalue weighted by atomic mass is 10.1. The maximum atomic E-state index is 12.3. The van der Waals surface area contributed by atoms with Crippen LogP contribution >= 0.6 is 0 Å². The highest BCUT2D eigenvalue weighted by Gasteiger charge is 2.23. The summed E-state index contributed by atoms with van der Waals surface area (Å²) in [7, 11) is 1.80. The molecule has 98 valence electrons. The van der Waals surface area contributed by atoms with Gasteiger partial charge in [0.25, 0.3) is 5.91 Å². The molecule has 1 fully saturated rings. The third-order valence-corrected chi connectivity index (χ3v) is 3.44. The van der Waals surface area contributed by atoms with E-state index in [1.54, 1.807) is 18.0 Å². The van der Waals surface area contributed by atoms with Gasteiger partial charge in [-0.15, -0.1) is 0 Å². The monoisotopic (exact) mass is 249 g/mol. The SMILES string of the molecule is CN(C(=O)c1ccncc1O)C1CCCNCC1. The summed E-state index contributed by atoms with van der Waals surface area (Å²) >= 11 is 0. The molecule has 1 aromatic rings. The first-order valence-corrected chi connectivity index (χ1v) is 6.31. The molecule has 2 heterocycles. The predicted octanol–water partition coefficient (Wildman–Crippen LogP) is 1.00. The van der Waals surface area contributed by atoms with E-state index in [1.807, 2.05) is 0 Å². The Balaban J connectivity index is 2.10. The number of pyridine rings is 1. The van der Waals surface area contributed by atoms with Crippen LogP contribution in [0.2, 0.25) is 0 Å². The van der Waals surface area contributed by atoms with Crippen LogP contribution < -0.4 is 5.32 Å². The Hall–Kier alpha value is -1.62. The number of nitrogens with zero attached hydrogens (tertiary/aromatic N) is 2. The second kappa shape index (κ2) is 5.82. The summed E-state index contributed by atoms with van der Waals surface area (Å²) in [4.78, 5) is 17.8. The van der Waals surface area contributed by atoms with E-state index >= 15 is 0 Å². The third-order valence-electron chi connectivity index (χ3n) is 3.44. The molecule has 0 radical (unpaired) electrons. The molecule has 5 heteroatoms. The van der Waals surface area contributed by atoms with Crippen LogP contribution in [0.3, 0.4) is 0 Å². The molecule has 0 saturated carbocycles. The van der Waals surface area contributed by atoms with E-state index in [0.717, 1.165) is 32.4 Å². The van der Waals surface area contributed by atoms with E-state index in [9.17, 15) is 9.90 Å². The number of rotatable bonds is 2. The van der Waals surface area contributed by atoms with Crippen molar-refractivity contribution in [2.45, 2.75) is 25.3 Å².